The molecule has 0 saturated carbocycles. The van der Waals surface area contributed by atoms with Gasteiger partial charge in [0.2, 0.25) is 0 Å². The summed E-state index contributed by atoms with van der Waals surface area (Å²) in [5, 5.41) is 4.62. The van der Waals surface area contributed by atoms with Crippen LogP contribution in [0, 0.1) is 5.82 Å². The van der Waals surface area contributed by atoms with Gasteiger partial charge in [-0.25, -0.2) is 19.0 Å². The number of nitrogens with two attached hydrogens (primary N) is 2. The van der Waals surface area contributed by atoms with Crippen molar-refractivity contribution in [1.82, 2.24) is 19.7 Å². The van der Waals surface area contributed by atoms with Crippen LogP contribution in [0.2, 0.25) is 5.02 Å². The predicted octanol–water partition coefficient (Wildman–Crippen LogP) is 3.43. The molecule has 8 nitrogen and oxygen atoms in total. The minimum atomic E-state index is -0.672. The van der Waals surface area contributed by atoms with Crippen molar-refractivity contribution in [3.05, 3.63) is 71.0 Å². The summed E-state index contributed by atoms with van der Waals surface area (Å²) in [4.78, 5) is 20.2. The van der Waals surface area contributed by atoms with Crippen LogP contribution >= 0.6 is 11.6 Å². The molecule has 152 valence electrons. The van der Waals surface area contributed by atoms with Gasteiger partial charge in [-0.3, -0.25) is 4.79 Å². The number of fused-ring (bicyclic) bond motifs is 1. The number of carbonyl (C=O) groups excluding carboxylic acids is 1. The highest BCUT2D eigenvalue weighted by Crippen LogP contribution is 2.32. The second-order valence-corrected chi connectivity index (χ2v) is 6.91. The van der Waals surface area contributed by atoms with Crippen molar-refractivity contribution in [2.45, 2.75) is 13.0 Å². The summed E-state index contributed by atoms with van der Waals surface area (Å²) in [6, 6.07) is 9.15. The maximum Gasteiger partial charge on any atom is 0.267 e. The van der Waals surface area contributed by atoms with E-state index in [9.17, 15) is 9.18 Å². The van der Waals surface area contributed by atoms with Crippen molar-refractivity contribution < 1.29 is 13.9 Å². The van der Waals surface area contributed by atoms with Crippen molar-refractivity contribution in [3.63, 3.8) is 0 Å². The first-order chi connectivity index (χ1) is 14.3. The first-order valence-corrected chi connectivity index (χ1v) is 9.24. The van der Waals surface area contributed by atoms with Gasteiger partial charge >= 0.3 is 0 Å². The largest absolute Gasteiger partial charge is 0.480 e. The zero-order chi connectivity index (χ0) is 21.4. The normalized spacial score (nSPS) is 12.1. The molecule has 10 heteroatoms. The molecule has 30 heavy (non-hydrogen) atoms. The Hall–Kier alpha value is -3.72. The number of halogens is 2. The molecule has 0 aliphatic heterocycles. The lowest BCUT2D eigenvalue weighted by molar-refractivity contribution is 0.0994. The molecule has 0 aliphatic carbocycles. The van der Waals surface area contributed by atoms with Gasteiger partial charge in [0.05, 0.1) is 16.2 Å². The Labute approximate surface area is 175 Å². The maximum absolute atomic E-state index is 13.8. The van der Waals surface area contributed by atoms with E-state index in [0.717, 1.165) is 0 Å². The Morgan fingerprint density at radius 2 is 2.07 bits per heavy atom. The molecule has 0 aliphatic rings. The predicted molar refractivity (Wildman–Crippen MR) is 110 cm³/mol. The van der Waals surface area contributed by atoms with E-state index in [1.807, 2.05) is 0 Å². The van der Waals surface area contributed by atoms with Crippen LogP contribution in [-0.4, -0.2) is 25.7 Å². The quantitative estimate of drug-likeness (QED) is 0.504. The van der Waals surface area contributed by atoms with E-state index >= 15 is 0 Å². The number of rotatable bonds is 5. The number of nitrogens with zero attached hydrogens (tertiary/aromatic N) is 4. The number of hydrogen-bond acceptors (Lipinski definition) is 6. The molecule has 1 unspecified atom stereocenters. The summed E-state index contributed by atoms with van der Waals surface area (Å²) < 4.78 is 21.4. The van der Waals surface area contributed by atoms with Gasteiger partial charge in [-0.2, -0.15) is 5.10 Å². The van der Waals surface area contributed by atoms with Gasteiger partial charge in [0.25, 0.3) is 5.91 Å². The fourth-order valence-electron chi connectivity index (χ4n) is 3.01. The van der Waals surface area contributed by atoms with Gasteiger partial charge in [-0.15, -0.1) is 0 Å². The molecule has 3 heterocycles. The number of carbonyl (C=O) groups is 1. The number of amides is 1. The number of primary amides is 1. The molecule has 3 aromatic heterocycles. The maximum atomic E-state index is 13.8. The number of benzene rings is 1. The van der Waals surface area contributed by atoms with E-state index in [-0.39, 0.29) is 22.3 Å². The van der Waals surface area contributed by atoms with Crippen molar-refractivity contribution in [2.24, 2.45) is 5.73 Å². The van der Waals surface area contributed by atoms with Gasteiger partial charge < -0.3 is 16.2 Å². The van der Waals surface area contributed by atoms with Gasteiger partial charge in [-0.05, 0) is 43.3 Å². The number of ether oxygens (including phenoxy) is 1. The molecule has 0 fully saturated rings. The Balaban J connectivity index is 1.75. The third-order valence-corrected chi connectivity index (χ3v) is 4.73. The van der Waals surface area contributed by atoms with Crippen molar-refractivity contribution in [2.75, 3.05) is 5.73 Å². The highest BCUT2D eigenvalue weighted by molar-refractivity contribution is 6.31. The summed E-state index contributed by atoms with van der Waals surface area (Å²) in [5.74, 6) is -0.917. The van der Waals surface area contributed by atoms with E-state index in [1.165, 1.54) is 18.2 Å². The molecule has 4 N–H and O–H groups in total. The Morgan fingerprint density at radius 1 is 1.27 bits per heavy atom. The zero-order valence-electron chi connectivity index (χ0n) is 15.7. The highest BCUT2D eigenvalue weighted by atomic mass is 35.5. The number of hydrogen-bond donors (Lipinski definition) is 2. The molecular weight excluding hydrogens is 411 g/mol. The summed E-state index contributed by atoms with van der Waals surface area (Å²) in [5.41, 5.74) is 12.9. The molecule has 0 saturated heterocycles. The molecule has 4 aromatic rings. The first-order valence-electron chi connectivity index (χ1n) is 8.86. The van der Waals surface area contributed by atoms with E-state index in [4.69, 9.17) is 27.8 Å². The number of pyridine rings is 2. The lowest BCUT2D eigenvalue weighted by atomic mass is 10.1. The topological polar surface area (TPSA) is 122 Å². The Kier molecular flexibility index (Phi) is 4.96. The third-order valence-electron chi connectivity index (χ3n) is 4.44. The van der Waals surface area contributed by atoms with Gasteiger partial charge in [0, 0.05) is 17.8 Å². The van der Waals surface area contributed by atoms with Gasteiger partial charge in [0.1, 0.15) is 23.3 Å². The second-order valence-electron chi connectivity index (χ2n) is 6.51. The molecule has 0 spiro atoms. The molecule has 1 amide bonds. The molecular formula is C20H16ClFN6O2. The molecule has 0 radical (unpaired) electrons. The van der Waals surface area contributed by atoms with E-state index in [0.29, 0.717) is 22.3 Å². The van der Waals surface area contributed by atoms with Crippen LogP contribution in [0.4, 0.5) is 10.2 Å². The zero-order valence-corrected chi connectivity index (χ0v) is 16.5. The van der Waals surface area contributed by atoms with Crippen LogP contribution in [0.1, 0.15) is 29.2 Å². The minimum Gasteiger partial charge on any atom is -0.480 e. The number of anilines is 1. The molecule has 4 rings (SSSR count). The van der Waals surface area contributed by atoms with Crippen LogP contribution in [-0.2, 0) is 0 Å². The summed E-state index contributed by atoms with van der Waals surface area (Å²) in [6.07, 6.45) is 2.68. The lowest BCUT2D eigenvalue weighted by Crippen LogP contribution is -2.18. The van der Waals surface area contributed by atoms with Crippen LogP contribution in [0.15, 0.2) is 48.8 Å². The van der Waals surface area contributed by atoms with Crippen LogP contribution < -0.4 is 16.2 Å². The van der Waals surface area contributed by atoms with Crippen LogP contribution in [0.3, 0.4) is 0 Å². The van der Waals surface area contributed by atoms with E-state index in [2.05, 4.69) is 15.1 Å². The SMILES string of the molecule is CC(Oc1cc2cc(F)c(Cl)cc2nc1N)c1nc(C(N)=O)ccc1-n1cccn1. The Bertz CT molecular complexity index is 1260. The standard InChI is InChI=1S/C20H16ClFN6O2/c1-10(18-16(28-6-2-5-25-28)4-3-14(26-18)20(24)29)30-17-8-11-7-13(22)12(21)9-15(11)27-19(17)23/h2-10H,1H3,(H2,23,27)(H2,24,29). The minimum absolute atomic E-state index is 0.0484. The van der Waals surface area contributed by atoms with Gasteiger partial charge in [-0.1, -0.05) is 11.6 Å². The highest BCUT2D eigenvalue weighted by Gasteiger charge is 2.20. The van der Waals surface area contributed by atoms with E-state index < -0.39 is 17.8 Å². The summed E-state index contributed by atoms with van der Waals surface area (Å²) in [7, 11) is 0. The average molecular weight is 427 g/mol. The summed E-state index contributed by atoms with van der Waals surface area (Å²) >= 11 is 5.81. The fraction of sp³-hybridized carbons (Fsp3) is 0.100. The Morgan fingerprint density at radius 3 is 2.77 bits per heavy atom. The smallest absolute Gasteiger partial charge is 0.267 e. The van der Waals surface area contributed by atoms with Crippen molar-refractivity contribution in [3.8, 4) is 11.4 Å². The molecule has 1 atom stereocenters. The number of nitrogen functional groups attached to an aromatic ring is 1. The van der Waals surface area contributed by atoms with Crippen LogP contribution in [0.25, 0.3) is 16.6 Å². The summed E-state index contributed by atoms with van der Waals surface area (Å²) in [6.45, 7) is 1.73. The van der Waals surface area contributed by atoms with Crippen molar-refractivity contribution in [1.29, 1.82) is 0 Å². The van der Waals surface area contributed by atoms with Crippen LogP contribution in [0.5, 0.6) is 5.75 Å². The molecule has 1 aromatic carbocycles. The molecule has 0 bridgehead atoms. The monoisotopic (exact) mass is 426 g/mol. The second kappa shape index (κ2) is 7.60. The van der Waals surface area contributed by atoms with E-state index in [1.54, 1.807) is 42.2 Å². The fourth-order valence-corrected chi connectivity index (χ4v) is 3.17. The number of aromatic nitrogens is 4. The lowest BCUT2D eigenvalue weighted by Gasteiger charge is -2.19. The first kappa shape index (κ1) is 19.6. The van der Waals surface area contributed by atoms with Crippen molar-refractivity contribution >= 4 is 34.2 Å². The van der Waals surface area contributed by atoms with Gasteiger partial charge in [0.15, 0.2) is 11.6 Å². The average Bonchev–Trinajstić information content (AvgIpc) is 3.24. The third kappa shape index (κ3) is 3.62.